The van der Waals surface area contributed by atoms with Gasteiger partial charge < -0.3 is 4.52 Å². The van der Waals surface area contributed by atoms with Gasteiger partial charge in [-0.2, -0.15) is 4.98 Å². The van der Waals surface area contributed by atoms with Crippen LogP contribution in [0.1, 0.15) is 38.4 Å². The summed E-state index contributed by atoms with van der Waals surface area (Å²) < 4.78 is 44.4. The fourth-order valence-electron chi connectivity index (χ4n) is 3.30. The summed E-state index contributed by atoms with van der Waals surface area (Å²) in [6, 6.07) is 5.91. The van der Waals surface area contributed by atoms with Crippen LogP contribution in [0.15, 0.2) is 28.8 Å². The van der Waals surface area contributed by atoms with Crippen LogP contribution in [0.25, 0.3) is 11.5 Å². The molecule has 0 radical (unpaired) electrons. The molecule has 1 aliphatic rings. The van der Waals surface area contributed by atoms with Crippen LogP contribution in [0.2, 0.25) is 0 Å². The fraction of sp³-hybridized carbons (Fsp3) is 0.556. The Bertz CT molecular complexity index is 820. The maximum absolute atomic E-state index is 13.0. The summed E-state index contributed by atoms with van der Waals surface area (Å²) in [5.74, 6) is 1.18. The van der Waals surface area contributed by atoms with Gasteiger partial charge in [0.1, 0.15) is 5.82 Å². The summed E-state index contributed by atoms with van der Waals surface area (Å²) in [6.45, 7) is 3.08. The molecule has 1 aliphatic heterocycles. The Kier molecular flexibility index (Phi) is 6.03. The van der Waals surface area contributed by atoms with Crippen molar-refractivity contribution >= 4 is 10.0 Å². The van der Waals surface area contributed by atoms with Crippen molar-refractivity contribution < 1.29 is 17.3 Å². The first kappa shape index (κ1) is 19.0. The SMILES string of the molecule is CCCS(=O)(=O)N1CCCC(CCc2noc(-c3ccc(F)cc3)n2)C1. The molecule has 0 N–H and O–H groups in total. The second-order valence-corrected chi connectivity index (χ2v) is 8.83. The Balaban J connectivity index is 1.56. The van der Waals surface area contributed by atoms with Gasteiger partial charge in [0.05, 0.1) is 5.75 Å². The van der Waals surface area contributed by atoms with Crippen molar-refractivity contribution in [1.29, 1.82) is 0 Å². The van der Waals surface area contributed by atoms with Gasteiger partial charge in [0.2, 0.25) is 10.0 Å². The molecule has 2 aromatic rings. The molecule has 2 heterocycles. The zero-order valence-corrected chi connectivity index (χ0v) is 15.7. The maximum Gasteiger partial charge on any atom is 0.257 e. The lowest BCUT2D eigenvalue weighted by Gasteiger charge is -2.31. The van der Waals surface area contributed by atoms with Crippen molar-refractivity contribution in [1.82, 2.24) is 14.4 Å². The Hall–Kier alpha value is -1.80. The normalized spacial score (nSPS) is 18.9. The van der Waals surface area contributed by atoms with Gasteiger partial charge in [-0.05, 0) is 55.9 Å². The Morgan fingerprint density at radius 3 is 2.81 bits per heavy atom. The third-order valence-corrected chi connectivity index (χ3v) is 6.72. The molecular formula is C18H24FN3O3S. The van der Waals surface area contributed by atoms with Crippen LogP contribution in [-0.4, -0.2) is 41.7 Å². The van der Waals surface area contributed by atoms with Gasteiger partial charge in [-0.15, -0.1) is 0 Å². The van der Waals surface area contributed by atoms with Gasteiger partial charge in [-0.3, -0.25) is 0 Å². The molecule has 1 aromatic heterocycles. The monoisotopic (exact) mass is 381 g/mol. The number of hydrogen-bond donors (Lipinski definition) is 0. The van der Waals surface area contributed by atoms with Gasteiger partial charge in [0, 0.05) is 25.1 Å². The summed E-state index contributed by atoms with van der Waals surface area (Å²) in [7, 11) is -3.13. The quantitative estimate of drug-likeness (QED) is 0.736. The molecule has 0 saturated carbocycles. The van der Waals surface area contributed by atoms with E-state index in [1.165, 1.54) is 12.1 Å². The van der Waals surface area contributed by atoms with Crippen molar-refractivity contribution in [3.05, 3.63) is 35.9 Å². The van der Waals surface area contributed by atoms with Gasteiger partial charge in [0.15, 0.2) is 5.82 Å². The number of hydrogen-bond acceptors (Lipinski definition) is 5. The highest BCUT2D eigenvalue weighted by Crippen LogP contribution is 2.24. The van der Waals surface area contributed by atoms with Gasteiger partial charge in [0.25, 0.3) is 5.89 Å². The molecule has 26 heavy (non-hydrogen) atoms. The van der Waals surface area contributed by atoms with E-state index in [-0.39, 0.29) is 11.6 Å². The van der Waals surface area contributed by atoms with Gasteiger partial charge >= 0.3 is 0 Å². The molecule has 0 aliphatic carbocycles. The highest BCUT2D eigenvalue weighted by Gasteiger charge is 2.28. The van der Waals surface area contributed by atoms with E-state index >= 15 is 0 Å². The molecule has 8 heteroatoms. The Morgan fingerprint density at radius 2 is 2.08 bits per heavy atom. The number of aromatic nitrogens is 2. The first-order valence-electron chi connectivity index (χ1n) is 9.04. The number of sulfonamides is 1. The second kappa shape index (κ2) is 8.26. The van der Waals surface area contributed by atoms with Gasteiger partial charge in [-0.1, -0.05) is 12.1 Å². The minimum atomic E-state index is -3.13. The number of rotatable bonds is 7. The van der Waals surface area contributed by atoms with Crippen LogP contribution in [0.3, 0.4) is 0 Å². The van der Waals surface area contributed by atoms with E-state index < -0.39 is 10.0 Å². The summed E-state index contributed by atoms with van der Waals surface area (Å²) in [4.78, 5) is 4.36. The lowest BCUT2D eigenvalue weighted by molar-refractivity contribution is 0.254. The number of aryl methyl sites for hydroxylation is 1. The maximum atomic E-state index is 13.0. The topological polar surface area (TPSA) is 76.3 Å². The number of nitrogens with zero attached hydrogens (tertiary/aromatic N) is 3. The molecule has 3 rings (SSSR count). The van der Waals surface area contributed by atoms with E-state index in [0.29, 0.717) is 49.1 Å². The molecular weight excluding hydrogens is 357 g/mol. The highest BCUT2D eigenvalue weighted by atomic mass is 32.2. The third-order valence-electron chi connectivity index (χ3n) is 4.67. The van der Waals surface area contributed by atoms with Crippen LogP contribution in [-0.2, 0) is 16.4 Å². The van der Waals surface area contributed by atoms with E-state index in [1.54, 1.807) is 16.4 Å². The average molecular weight is 381 g/mol. The van der Waals surface area contributed by atoms with Crippen molar-refractivity contribution in [3.63, 3.8) is 0 Å². The third kappa shape index (κ3) is 4.67. The minimum Gasteiger partial charge on any atom is -0.334 e. The fourth-order valence-corrected chi connectivity index (χ4v) is 4.92. The predicted molar refractivity (Wildman–Crippen MR) is 96.4 cm³/mol. The van der Waals surface area contributed by atoms with Crippen molar-refractivity contribution in [2.75, 3.05) is 18.8 Å². The smallest absolute Gasteiger partial charge is 0.257 e. The number of halogens is 1. The van der Waals surface area contributed by atoms with Crippen LogP contribution in [0.5, 0.6) is 0 Å². The average Bonchev–Trinajstić information content (AvgIpc) is 3.10. The van der Waals surface area contributed by atoms with Crippen LogP contribution in [0.4, 0.5) is 4.39 Å². The van der Waals surface area contributed by atoms with E-state index in [1.807, 2.05) is 6.92 Å². The first-order valence-corrected chi connectivity index (χ1v) is 10.6. The lowest BCUT2D eigenvalue weighted by Crippen LogP contribution is -2.41. The number of piperidine rings is 1. The zero-order valence-electron chi connectivity index (χ0n) is 14.9. The van der Waals surface area contributed by atoms with Crippen LogP contribution >= 0.6 is 0 Å². The molecule has 0 bridgehead atoms. The van der Waals surface area contributed by atoms with E-state index in [2.05, 4.69) is 10.1 Å². The first-order chi connectivity index (χ1) is 12.5. The molecule has 6 nitrogen and oxygen atoms in total. The zero-order chi connectivity index (χ0) is 18.6. The van der Waals surface area contributed by atoms with E-state index in [9.17, 15) is 12.8 Å². The van der Waals surface area contributed by atoms with Crippen molar-refractivity contribution in [2.45, 2.75) is 39.0 Å². The molecule has 1 unspecified atom stereocenters. The van der Waals surface area contributed by atoms with E-state index in [4.69, 9.17) is 4.52 Å². The Labute approximate surface area is 153 Å². The second-order valence-electron chi connectivity index (χ2n) is 6.74. The summed E-state index contributed by atoms with van der Waals surface area (Å²) in [6.07, 6.45) is 4.00. The standard InChI is InChI=1S/C18H24FN3O3S/c1-2-12-26(23,24)22-11-3-4-14(13-22)5-10-17-20-18(25-21-17)15-6-8-16(19)9-7-15/h6-9,14H,2-5,10-13H2,1H3. The molecule has 142 valence electrons. The molecule has 0 amide bonds. The molecule has 1 fully saturated rings. The summed E-state index contributed by atoms with van der Waals surface area (Å²) in [5, 5.41) is 3.98. The molecule has 1 atom stereocenters. The summed E-state index contributed by atoms with van der Waals surface area (Å²) in [5.41, 5.74) is 0.680. The lowest BCUT2D eigenvalue weighted by atomic mass is 9.94. The Morgan fingerprint density at radius 1 is 1.31 bits per heavy atom. The molecule has 1 aromatic carbocycles. The largest absolute Gasteiger partial charge is 0.334 e. The molecule has 1 saturated heterocycles. The minimum absolute atomic E-state index is 0.214. The van der Waals surface area contributed by atoms with Crippen molar-refractivity contribution in [2.24, 2.45) is 5.92 Å². The van der Waals surface area contributed by atoms with E-state index in [0.717, 1.165) is 19.3 Å². The van der Waals surface area contributed by atoms with Crippen LogP contribution < -0.4 is 0 Å². The predicted octanol–water partition coefficient (Wildman–Crippen LogP) is 3.26. The van der Waals surface area contributed by atoms with Crippen molar-refractivity contribution in [3.8, 4) is 11.5 Å². The molecule has 0 spiro atoms. The highest BCUT2D eigenvalue weighted by molar-refractivity contribution is 7.89. The van der Waals surface area contributed by atoms with Crippen LogP contribution in [0, 0.1) is 11.7 Å². The number of benzene rings is 1. The van der Waals surface area contributed by atoms with Gasteiger partial charge in [-0.25, -0.2) is 17.1 Å². The summed E-state index contributed by atoms with van der Waals surface area (Å²) >= 11 is 0.